The number of anilines is 1. The summed E-state index contributed by atoms with van der Waals surface area (Å²) in [6.07, 6.45) is 6.76. The summed E-state index contributed by atoms with van der Waals surface area (Å²) in [5, 5.41) is 3.20. The molecule has 1 heterocycles. The molecule has 3 N–H and O–H groups in total. The minimum atomic E-state index is 0.0693. The van der Waals surface area contributed by atoms with Crippen molar-refractivity contribution in [1.29, 1.82) is 0 Å². The monoisotopic (exact) mass is 275 g/mol. The van der Waals surface area contributed by atoms with E-state index in [0.717, 1.165) is 12.1 Å². The Bertz CT molecular complexity index is 442. The lowest BCUT2D eigenvalue weighted by Gasteiger charge is -2.34. The molecular formula is C16H25N3O. The van der Waals surface area contributed by atoms with Crippen LogP contribution in [-0.2, 0) is 11.2 Å². The van der Waals surface area contributed by atoms with Gasteiger partial charge in [-0.15, -0.1) is 0 Å². The molecule has 20 heavy (non-hydrogen) atoms. The van der Waals surface area contributed by atoms with Crippen molar-refractivity contribution in [3.8, 4) is 0 Å². The second-order valence-corrected chi connectivity index (χ2v) is 6.13. The highest BCUT2D eigenvalue weighted by Gasteiger charge is 2.28. The number of hydrogen-bond donors (Lipinski definition) is 2. The molecule has 4 nitrogen and oxygen atoms in total. The third kappa shape index (κ3) is 3.95. The second kappa shape index (κ2) is 6.73. The van der Waals surface area contributed by atoms with E-state index in [0.29, 0.717) is 30.0 Å². The highest BCUT2D eigenvalue weighted by molar-refractivity contribution is 5.78. The largest absolute Gasteiger partial charge is 0.397 e. The lowest BCUT2D eigenvalue weighted by molar-refractivity contribution is -0.121. The van der Waals surface area contributed by atoms with E-state index in [1.165, 1.54) is 19.3 Å². The molecule has 2 atom stereocenters. The Kier molecular flexibility index (Phi) is 4.99. The van der Waals surface area contributed by atoms with Crippen molar-refractivity contribution in [2.45, 2.75) is 52.0 Å². The lowest BCUT2D eigenvalue weighted by atomic mass is 9.78. The zero-order valence-electron chi connectivity index (χ0n) is 12.4. The van der Waals surface area contributed by atoms with Crippen molar-refractivity contribution in [1.82, 2.24) is 10.3 Å². The number of pyridine rings is 1. The summed E-state index contributed by atoms with van der Waals surface area (Å²) in [6.45, 7) is 4.49. The number of nitrogen functional groups attached to an aromatic ring is 1. The molecule has 1 amide bonds. The Morgan fingerprint density at radius 1 is 1.40 bits per heavy atom. The number of aromatic nitrogens is 1. The molecule has 1 aliphatic rings. The summed E-state index contributed by atoms with van der Waals surface area (Å²) in [6, 6.07) is 3.92. The second-order valence-electron chi connectivity index (χ2n) is 6.13. The van der Waals surface area contributed by atoms with Gasteiger partial charge >= 0.3 is 0 Å². The van der Waals surface area contributed by atoms with Gasteiger partial charge in [0, 0.05) is 11.7 Å². The SMILES string of the molecule is CC(C)C1CCCCC1NC(=O)Cc1ccc(N)cn1. The number of carbonyl (C=O) groups is 1. The van der Waals surface area contributed by atoms with E-state index in [4.69, 9.17) is 5.73 Å². The van der Waals surface area contributed by atoms with Crippen LogP contribution >= 0.6 is 0 Å². The lowest BCUT2D eigenvalue weighted by Crippen LogP contribution is -2.44. The van der Waals surface area contributed by atoms with Crippen LogP contribution < -0.4 is 11.1 Å². The fourth-order valence-corrected chi connectivity index (χ4v) is 3.10. The van der Waals surface area contributed by atoms with E-state index in [9.17, 15) is 4.79 Å². The molecule has 110 valence electrons. The van der Waals surface area contributed by atoms with Gasteiger partial charge in [-0.1, -0.05) is 26.7 Å². The van der Waals surface area contributed by atoms with Gasteiger partial charge in [-0.25, -0.2) is 0 Å². The number of amides is 1. The first-order chi connectivity index (χ1) is 9.56. The molecule has 1 aliphatic carbocycles. The smallest absolute Gasteiger partial charge is 0.226 e. The van der Waals surface area contributed by atoms with Crippen molar-refractivity contribution in [3.05, 3.63) is 24.0 Å². The summed E-state index contributed by atoms with van der Waals surface area (Å²) in [7, 11) is 0. The van der Waals surface area contributed by atoms with Crippen LogP contribution in [0.3, 0.4) is 0 Å². The Hall–Kier alpha value is -1.58. The molecule has 0 bridgehead atoms. The molecule has 0 spiro atoms. The highest BCUT2D eigenvalue weighted by Crippen LogP contribution is 2.30. The number of nitrogens with zero attached hydrogens (tertiary/aromatic N) is 1. The van der Waals surface area contributed by atoms with Crippen molar-refractivity contribution in [3.63, 3.8) is 0 Å². The molecule has 1 fully saturated rings. The van der Waals surface area contributed by atoms with Gasteiger partial charge in [0.2, 0.25) is 5.91 Å². The average Bonchev–Trinajstić information content (AvgIpc) is 2.41. The average molecular weight is 275 g/mol. The predicted molar refractivity (Wildman–Crippen MR) is 81.1 cm³/mol. The number of hydrogen-bond acceptors (Lipinski definition) is 3. The van der Waals surface area contributed by atoms with E-state index in [-0.39, 0.29) is 5.91 Å². The maximum absolute atomic E-state index is 12.2. The normalized spacial score (nSPS) is 22.8. The van der Waals surface area contributed by atoms with Crippen LogP contribution in [0.15, 0.2) is 18.3 Å². The van der Waals surface area contributed by atoms with Crippen LogP contribution in [0, 0.1) is 11.8 Å². The Morgan fingerprint density at radius 2 is 2.15 bits per heavy atom. The number of carbonyl (C=O) groups excluding carboxylic acids is 1. The molecule has 0 radical (unpaired) electrons. The molecule has 0 aliphatic heterocycles. The molecule has 2 unspecified atom stereocenters. The molecule has 2 rings (SSSR count). The van der Waals surface area contributed by atoms with Gasteiger partial charge in [-0.2, -0.15) is 0 Å². The topological polar surface area (TPSA) is 68.0 Å². The molecule has 0 aromatic carbocycles. The van der Waals surface area contributed by atoms with Crippen molar-refractivity contribution in [2.24, 2.45) is 11.8 Å². The number of nitrogens with one attached hydrogen (secondary N) is 1. The number of rotatable bonds is 4. The van der Waals surface area contributed by atoms with E-state index < -0.39 is 0 Å². The first-order valence-corrected chi connectivity index (χ1v) is 7.56. The maximum Gasteiger partial charge on any atom is 0.226 e. The third-order valence-corrected chi connectivity index (χ3v) is 4.21. The van der Waals surface area contributed by atoms with Crippen LogP contribution in [0.2, 0.25) is 0 Å². The summed E-state index contributed by atoms with van der Waals surface area (Å²) in [5.74, 6) is 1.29. The summed E-state index contributed by atoms with van der Waals surface area (Å²) >= 11 is 0. The van der Waals surface area contributed by atoms with Crippen molar-refractivity contribution >= 4 is 11.6 Å². The van der Waals surface area contributed by atoms with Gasteiger partial charge in [0.15, 0.2) is 0 Å². The van der Waals surface area contributed by atoms with Gasteiger partial charge in [0.05, 0.1) is 18.3 Å². The zero-order chi connectivity index (χ0) is 14.5. The van der Waals surface area contributed by atoms with Gasteiger partial charge in [0.25, 0.3) is 0 Å². The molecule has 4 heteroatoms. The van der Waals surface area contributed by atoms with Crippen LogP contribution in [0.5, 0.6) is 0 Å². The van der Waals surface area contributed by atoms with Gasteiger partial charge in [-0.3, -0.25) is 9.78 Å². The molecule has 1 aromatic heterocycles. The van der Waals surface area contributed by atoms with E-state index in [1.54, 1.807) is 12.3 Å². The minimum Gasteiger partial charge on any atom is -0.397 e. The molecule has 1 saturated carbocycles. The standard InChI is InChI=1S/C16H25N3O/c1-11(2)14-5-3-4-6-15(14)19-16(20)9-13-8-7-12(17)10-18-13/h7-8,10-11,14-15H,3-6,9,17H2,1-2H3,(H,19,20). The summed E-state index contributed by atoms with van der Waals surface area (Å²) in [5.41, 5.74) is 6.99. The summed E-state index contributed by atoms with van der Waals surface area (Å²) < 4.78 is 0. The fraction of sp³-hybridized carbons (Fsp3) is 0.625. The third-order valence-electron chi connectivity index (χ3n) is 4.21. The van der Waals surface area contributed by atoms with Gasteiger partial charge < -0.3 is 11.1 Å². The van der Waals surface area contributed by atoms with E-state index in [1.807, 2.05) is 6.07 Å². The highest BCUT2D eigenvalue weighted by atomic mass is 16.1. The quantitative estimate of drug-likeness (QED) is 0.887. The minimum absolute atomic E-state index is 0.0693. The first-order valence-electron chi connectivity index (χ1n) is 7.56. The van der Waals surface area contributed by atoms with Crippen LogP contribution in [0.25, 0.3) is 0 Å². The van der Waals surface area contributed by atoms with Crippen LogP contribution in [0.4, 0.5) is 5.69 Å². The van der Waals surface area contributed by atoms with Gasteiger partial charge in [-0.05, 0) is 36.8 Å². The van der Waals surface area contributed by atoms with Crippen LogP contribution in [0.1, 0.15) is 45.2 Å². The maximum atomic E-state index is 12.2. The van der Waals surface area contributed by atoms with Crippen molar-refractivity contribution < 1.29 is 4.79 Å². The Balaban J connectivity index is 1.91. The molecule has 1 aromatic rings. The molecular weight excluding hydrogens is 250 g/mol. The van der Waals surface area contributed by atoms with Gasteiger partial charge in [0.1, 0.15) is 0 Å². The van der Waals surface area contributed by atoms with Crippen LogP contribution in [-0.4, -0.2) is 16.9 Å². The Morgan fingerprint density at radius 3 is 2.80 bits per heavy atom. The first kappa shape index (κ1) is 14.8. The fourth-order valence-electron chi connectivity index (χ4n) is 3.10. The predicted octanol–water partition coefficient (Wildman–Crippen LogP) is 2.54. The van der Waals surface area contributed by atoms with E-state index >= 15 is 0 Å². The van der Waals surface area contributed by atoms with E-state index in [2.05, 4.69) is 24.1 Å². The molecule has 0 saturated heterocycles. The van der Waals surface area contributed by atoms with Crippen molar-refractivity contribution in [2.75, 3.05) is 5.73 Å². The summed E-state index contributed by atoms with van der Waals surface area (Å²) in [4.78, 5) is 16.3. The Labute approximate surface area is 121 Å². The zero-order valence-corrected chi connectivity index (χ0v) is 12.4. The number of nitrogens with two attached hydrogens (primary N) is 1.